The summed E-state index contributed by atoms with van der Waals surface area (Å²) in [7, 11) is 0. The molecule has 2 N–H and O–H groups in total. The Morgan fingerprint density at radius 3 is 2.26 bits per heavy atom. The quantitative estimate of drug-likeness (QED) is 0.311. The van der Waals surface area contributed by atoms with Gasteiger partial charge in [-0.05, 0) is 55.0 Å². The molecule has 2 amide bonds. The normalized spacial score (nSPS) is 10.5. The summed E-state index contributed by atoms with van der Waals surface area (Å²) in [5, 5.41) is 5.28. The molecule has 0 aliphatic rings. The minimum atomic E-state index is -0.375. The van der Waals surface area contributed by atoms with Gasteiger partial charge < -0.3 is 24.8 Å². The zero-order valence-corrected chi connectivity index (χ0v) is 19.0. The van der Waals surface area contributed by atoms with Gasteiger partial charge in [-0.15, -0.1) is 0 Å². The van der Waals surface area contributed by atoms with E-state index in [2.05, 4.69) is 10.6 Å². The largest absolute Gasteiger partial charge is 0.490 e. The van der Waals surface area contributed by atoms with Crippen LogP contribution in [0, 0.1) is 0 Å². The molecular formula is C27H28N2O5. The molecule has 0 atom stereocenters. The van der Waals surface area contributed by atoms with E-state index in [9.17, 15) is 9.59 Å². The highest BCUT2D eigenvalue weighted by atomic mass is 16.5. The van der Waals surface area contributed by atoms with E-state index in [4.69, 9.17) is 14.2 Å². The van der Waals surface area contributed by atoms with Gasteiger partial charge >= 0.3 is 0 Å². The van der Waals surface area contributed by atoms with E-state index in [0.717, 1.165) is 11.3 Å². The first kappa shape index (κ1) is 24.4. The Morgan fingerprint density at radius 2 is 1.53 bits per heavy atom. The fourth-order valence-electron chi connectivity index (χ4n) is 2.97. The summed E-state index contributed by atoms with van der Waals surface area (Å²) in [6, 6.07) is 24.0. The second-order valence-corrected chi connectivity index (χ2v) is 7.11. The van der Waals surface area contributed by atoms with Gasteiger partial charge in [-0.3, -0.25) is 9.59 Å². The first-order chi connectivity index (χ1) is 16.6. The number of amides is 2. The Kier molecular flexibility index (Phi) is 9.56. The Balaban J connectivity index is 1.48. The molecule has 0 aliphatic carbocycles. The average Bonchev–Trinajstić information content (AvgIpc) is 2.86. The molecule has 0 heterocycles. The lowest BCUT2D eigenvalue weighted by Crippen LogP contribution is -2.31. The van der Waals surface area contributed by atoms with Gasteiger partial charge in [0.15, 0.2) is 11.5 Å². The Bertz CT molecular complexity index is 1080. The van der Waals surface area contributed by atoms with Crippen LogP contribution in [0.1, 0.15) is 12.5 Å². The third-order valence-corrected chi connectivity index (χ3v) is 4.53. The summed E-state index contributed by atoms with van der Waals surface area (Å²) in [5.74, 6) is 1.28. The molecule has 0 radical (unpaired) electrons. The molecule has 3 rings (SSSR count). The Hall–Kier alpha value is -4.26. The summed E-state index contributed by atoms with van der Waals surface area (Å²) in [4.78, 5) is 24.0. The molecule has 0 spiro atoms. The van der Waals surface area contributed by atoms with E-state index in [0.29, 0.717) is 37.0 Å². The van der Waals surface area contributed by atoms with Crippen LogP contribution in [0.25, 0.3) is 6.08 Å². The first-order valence-corrected chi connectivity index (χ1v) is 11.0. The van der Waals surface area contributed by atoms with Gasteiger partial charge in [-0.1, -0.05) is 42.5 Å². The third kappa shape index (κ3) is 8.35. The highest BCUT2D eigenvalue weighted by Gasteiger charge is 2.07. The molecule has 0 bridgehead atoms. The van der Waals surface area contributed by atoms with Gasteiger partial charge in [0.1, 0.15) is 19.0 Å². The summed E-state index contributed by atoms with van der Waals surface area (Å²) >= 11 is 0. The molecule has 34 heavy (non-hydrogen) atoms. The van der Waals surface area contributed by atoms with Crippen LogP contribution in [-0.2, 0) is 9.59 Å². The summed E-state index contributed by atoms with van der Waals surface area (Å²) < 4.78 is 17.1. The SMILES string of the molecule is CCOc1cc(/C=C/C(=O)NCC(=O)Nc2ccccc2)ccc1OCCOc1ccccc1. The van der Waals surface area contributed by atoms with Crippen molar-refractivity contribution in [2.24, 2.45) is 0 Å². The summed E-state index contributed by atoms with van der Waals surface area (Å²) in [6.07, 6.45) is 3.02. The number of carbonyl (C=O) groups excluding carboxylic acids is 2. The minimum Gasteiger partial charge on any atom is -0.490 e. The molecule has 3 aromatic carbocycles. The van der Waals surface area contributed by atoms with Gasteiger partial charge in [0.25, 0.3) is 0 Å². The van der Waals surface area contributed by atoms with Crippen LogP contribution in [0.2, 0.25) is 0 Å². The third-order valence-electron chi connectivity index (χ3n) is 4.53. The van der Waals surface area contributed by atoms with Crippen molar-refractivity contribution in [3.8, 4) is 17.2 Å². The standard InChI is InChI=1S/C27H28N2O5/c1-2-32-25-19-21(13-15-24(25)34-18-17-33-23-11-7-4-8-12-23)14-16-26(30)28-20-27(31)29-22-9-5-3-6-10-22/h3-16,19H,2,17-18,20H2,1H3,(H,28,30)(H,29,31)/b16-14+. The molecule has 0 saturated heterocycles. The molecule has 0 unspecified atom stereocenters. The first-order valence-electron chi connectivity index (χ1n) is 11.0. The van der Waals surface area contributed by atoms with E-state index in [1.54, 1.807) is 30.3 Å². The maximum absolute atomic E-state index is 12.1. The molecule has 0 fully saturated rings. The maximum atomic E-state index is 12.1. The number of benzene rings is 3. The van der Waals surface area contributed by atoms with E-state index in [1.165, 1.54) is 6.08 Å². The van der Waals surface area contributed by atoms with Crippen molar-refractivity contribution < 1.29 is 23.8 Å². The number of nitrogens with one attached hydrogen (secondary N) is 2. The van der Waals surface area contributed by atoms with Crippen molar-refractivity contribution in [3.05, 3.63) is 90.5 Å². The predicted molar refractivity (Wildman–Crippen MR) is 132 cm³/mol. The molecule has 3 aromatic rings. The zero-order valence-electron chi connectivity index (χ0n) is 19.0. The second kappa shape index (κ2) is 13.3. The van der Waals surface area contributed by atoms with Crippen molar-refractivity contribution in [1.29, 1.82) is 0 Å². The van der Waals surface area contributed by atoms with Gasteiger partial charge in [-0.2, -0.15) is 0 Å². The van der Waals surface area contributed by atoms with E-state index >= 15 is 0 Å². The highest BCUT2D eigenvalue weighted by molar-refractivity contribution is 5.98. The molecule has 7 heteroatoms. The van der Waals surface area contributed by atoms with Crippen LogP contribution in [0.5, 0.6) is 17.2 Å². The van der Waals surface area contributed by atoms with Gasteiger partial charge in [0.05, 0.1) is 13.2 Å². The second-order valence-electron chi connectivity index (χ2n) is 7.11. The maximum Gasteiger partial charge on any atom is 0.244 e. The van der Waals surface area contributed by atoms with Crippen molar-refractivity contribution >= 4 is 23.6 Å². The molecule has 7 nitrogen and oxygen atoms in total. The van der Waals surface area contributed by atoms with Gasteiger partial charge in [0.2, 0.25) is 11.8 Å². The number of para-hydroxylation sites is 2. The number of ether oxygens (including phenoxy) is 3. The number of rotatable bonds is 12. The number of hydrogen-bond donors (Lipinski definition) is 2. The lowest BCUT2D eigenvalue weighted by atomic mass is 10.2. The van der Waals surface area contributed by atoms with Crippen LogP contribution >= 0.6 is 0 Å². The molecule has 0 aliphatic heterocycles. The van der Waals surface area contributed by atoms with Crippen molar-refractivity contribution in [2.75, 3.05) is 31.7 Å². The number of hydrogen-bond acceptors (Lipinski definition) is 5. The smallest absolute Gasteiger partial charge is 0.244 e. The van der Waals surface area contributed by atoms with Gasteiger partial charge in [0, 0.05) is 11.8 Å². The zero-order chi connectivity index (χ0) is 24.0. The van der Waals surface area contributed by atoms with Crippen LogP contribution in [0.4, 0.5) is 5.69 Å². The molecule has 0 saturated carbocycles. The highest BCUT2D eigenvalue weighted by Crippen LogP contribution is 2.29. The van der Waals surface area contributed by atoms with Crippen LogP contribution in [0.15, 0.2) is 84.9 Å². The fraction of sp³-hybridized carbons (Fsp3) is 0.185. The van der Waals surface area contributed by atoms with Crippen molar-refractivity contribution in [3.63, 3.8) is 0 Å². The monoisotopic (exact) mass is 460 g/mol. The number of anilines is 1. The van der Waals surface area contributed by atoms with E-state index in [-0.39, 0.29) is 18.4 Å². The van der Waals surface area contributed by atoms with Crippen LogP contribution in [-0.4, -0.2) is 38.2 Å². The minimum absolute atomic E-state index is 0.125. The topological polar surface area (TPSA) is 85.9 Å². The van der Waals surface area contributed by atoms with Gasteiger partial charge in [-0.25, -0.2) is 0 Å². The van der Waals surface area contributed by atoms with Crippen LogP contribution in [0.3, 0.4) is 0 Å². The summed E-state index contributed by atoms with van der Waals surface area (Å²) in [6.45, 7) is 2.99. The Labute approximate surface area is 199 Å². The molecular weight excluding hydrogens is 432 g/mol. The number of carbonyl (C=O) groups is 2. The van der Waals surface area contributed by atoms with Crippen molar-refractivity contribution in [1.82, 2.24) is 5.32 Å². The molecule has 176 valence electrons. The predicted octanol–water partition coefficient (Wildman–Crippen LogP) is 4.31. The molecule has 0 aromatic heterocycles. The lowest BCUT2D eigenvalue weighted by Gasteiger charge is -2.13. The van der Waals surface area contributed by atoms with Crippen LogP contribution < -0.4 is 24.8 Å². The summed E-state index contributed by atoms with van der Waals surface area (Å²) in [5.41, 5.74) is 1.44. The van der Waals surface area contributed by atoms with Crippen molar-refractivity contribution in [2.45, 2.75) is 6.92 Å². The Morgan fingerprint density at radius 1 is 0.824 bits per heavy atom. The van der Waals surface area contributed by atoms with E-state index < -0.39 is 0 Å². The lowest BCUT2D eigenvalue weighted by molar-refractivity contribution is -0.121. The average molecular weight is 461 g/mol. The fourth-order valence-corrected chi connectivity index (χ4v) is 2.97. The van der Waals surface area contributed by atoms with E-state index in [1.807, 2.05) is 61.5 Å².